The normalized spacial score (nSPS) is 10.5. The predicted octanol–water partition coefficient (Wildman–Crippen LogP) is 3.23. The zero-order chi connectivity index (χ0) is 18.7. The van der Waals surface area contributed by atoms with E-state index in [1.165, 1.54) is 25.3 Å². The van der Waals surface area contributed by atoms with Crippen molar-refractivity contribution in [3.05, 3.63) is 75.2 Å². The lowest BCUT2D eigenvalue weighted by Gasteiger charge is -2.07. The number of fused-ring (bicyclic) bond motifs is 1. The third-order valence-corrected chi connectivity index (χ3v) is 4.08. The first-order valence-electron chi connectivity index (χ1n) is 7.65. The number of aromatic amines is 1. The molecule has 7 heteroatoms. The minimum absolute atomic E-state index is 0.0192. The van der Waals surface area contributed by atoms with Gasteiger partial charge in [-0.15, -0.1) is 0 Å². The Morgan fingerprint density at radius 2 is 1.88 bits per heavy atom. The summed E-state index contributed by atoms with van der Waals surface area (Å²) in [5.41, 5.74) is -0.131. The number of carbonyl (C=O) groups is 2. The van der Waals surface area contributed by atoms with Gasteiger partial charge in [0.1, 0.15) is 11.4 Å². The second-order valence-electron chi connectivity index (χ2n) is 5.45. The van der Waals surface area contributed by atoms with Crippen LogP contribution in [0.2, 0.25) is 5.02 Å². The maximum Gasteiger partial charge on any atom is 0.355 e. The molecular weight excluding hydrogens is 358 g/mol. The van der Waals surface area contributed by atoms with Gasteiger partial charge in [-0.2, -0.15) is 0 Å². The molecule has 26 heavy (non-hydrogen) atoms. The van der Waals surface area contributed by atoms with Gasteiger partial charge in [0.05, 0.1) is 12.1 Å². The van der Waals surface area contributed by atoms with E-state index in [1.807, 2.05) is 0 Å². The molecule has 0 saturated carbocycles. The molecule has 2 aromatic carbocycles. The highest BCUT2D eigenvalue weighted by atomic mass is 35.5. The number of pyridine rings is 1. The lowest BCUT2D eigenvalue weighted by Crippen LogP contribution is -2.18. The molecule has 0 bridgehead atoms. The summed E-state index contributed by atoms with van der Waals surface area (Å²) in [5, 5.41) is 1.35. The van der Waals surface area contributed by atoms with Gasteiger partial charge in [-0.3, -0.25) is 9.59 Å². The molecule has 1 N–H and O–H groups in total. The number of benzene rings is 2. The van der Waals surface area contributed by atoms with Crippen molar-refractivity contribution in [1.29, 1.82) is 0 Å². The fourth-order valence-electron chi connectivity index (χ4n) is 2.45. The maximum atomic E-state index is 12.2. The van der Waals surface area contributed by atoms with Crippen LogP contribution in [-0.2, 0) is 4.74 Å². The van der Waals surface area contributed by atoms with Gasteiger partial charge in [0.2, 0.25) is 0 Å². The quantitative estimate of drug-likeness (QED) is 0.549. The molecule has 0 saturated heterocycles. The Kier molecular flexibility index (Phi) is 5.04. The van der Waals surface area contributed by atoms with Crippen molar-refractivity contribution in [2.75, 3.05) is 13.7 Å². The van der Waals surface area contributed by atoms with E-state index >= 15 is 0 Å². The Hall–Kier alpha value is -3.12. The molecule has 1 heterocycles. The summed E-state index contributed by atoms with van der Waals surface area (Å²) < 4.78 is 10.0. The van der Waals surface area contributed by atoms with Crippen molar-refractivity contribution in [3.63, 3.8) is 0 Å². The summed E-state index contributed by atoms with van der Waals surface area (Å²) in [6.07, 6.45) is 0. The molecule has 0 fully saturated rings. The third-order valence-electron chi connectivity index (χ3n) is 3.78. The SMILES string of the molecule is COc1ccc(C(=O)COC(=O)c2cc3ccccc3c(=O)[nH]2)cc1Cl. The zero-order valence-electron chi connectivity index (χ0n) is 13.7. The molecule has 0 radical (unpaired) electrons. The predicted molar refractivity (Wildman–Crippen MR) is 97.2 cm³/mol. The van der Waals surface area contributed by atoms with E-state index in [0.29, 0.717) is 16.5 Å². The van der Waals surface area contributed by atoms with E-state index in [-0.39, 0.29) is 16.3 Å². The van der Waals surface area contributed by atoms with Crippen LogP contribution in [0.25, 0.3) is 10.8 Å². The van der Waals surface area contributed by atoms with E-state index in [9.17, 15) is 14.4 Å². The van der Waals surface area contributed by atoms with Crippen LogP contribution in [0, 0.1) is 0 Å². The van der Waals surface area contributed by atoms with Gasteiger partial charge < -0.3 is 14.5 Å². The van der Waals surface area contributed by atoms with Gasteiger partial charge in [-0.25, -0.2) is 4.79 Å². The number of esters is 1. The number of H-pyrrole nitrogens is 1. The topological polar surface area (TPSA) is 85.5 Å². The number of halogens is 1. The number of hydrogen-bond acceptors (Lipinski definition) is 5. The molecule has 132 valence electrons. The first kappa shape index (κ1) is 17.7. The van der Waals surface area contributed by atoms with Crippen LogP contribution in [0.1, 0.15) is 20.8 Å². The molecule has 0 aliphatic rings. The molecule has 6 nitrogen and oxygen atoms in total. The van der Waals surface area contributed by atoms with E-state index in [0.717, 1.165) is 0 Å². The average Bonchev–Trinajstić information content (AvgIpc) is 2.65. The summed E-state index contributed by atoms with van der Waals surface area (Å²) in [5.74, 6) is -0.777. The van der Waals surface area contributed by atoms with E-state index in [1.54, 1.807) is 30.3 Å². The van der Waals surface area contributed by atoms with Crippen LogP contribution in [0.5, 0.6) is 5.75 Å². The summed E-state index contributed by atoms with van der Waals surface area (Å²) in [4.78, 5) is 38.8. The Morgan fingerprint density at radius 3 is 2.62 bits per heavy atom. The largest absolute Gasteiger partial charge is 0.495 e. The van der Waals surface area contributed by atoms with Gasteiger partial charge in [-0.1, -0.05) is 29.8 Å². The second kappa shape index (κ2) is 7.41. The molecule has 0 atom stereocenters. The summed E-state index contributed by atoms with van der Waals surface area (Å²) >= 11 is 5.98. The van der Waals surface area contributed by atoms with Gasteiger partial charge >= 0.3 is 5.97 Å². The average molecular weight is 372 g/mol. The van der Waals surface area contributed by atoms with Crippen molar-refractivity contribution in [2.45, 2.75) is 0 Å². The van der Waals surface area contributed by atoms with E-state index in [2.05, 4.69) is 4.98 Å². The van der Waals surface area contributed by atoms with Gasteiger partial charge in [0.15, 0.2) is 12.4 Å². The van der Waals surface area contributed by atoms with Crippen LogP contribution in [-0.4, -0.2) is 30.5 Å². The molecule has 0 aliphatic heterocycles. The number of nitrogens with one attached hydrogen (secondary N) is 1. The highest BCUT2D eigenvalue weighted by molar-refractivity contribution is 6.32. The number of Topliss-reactive ketones (excluding diaryl/α,β-unsaturated/α-hetero) is 1. The Bertz CT molecular complexity index is 1060. The Labute approximate surface area is 153 Å². The van der Waals surface area contributed by atoms with Gasteiger partial charge in [0.25, 0.3) is 5.56 Å². The minimum atomic E-state index is -0.791. The first-order chi connectivity index (χ1) is 12.5. The van der Waals surface area contributed by atoms with Crippen molar-refractivity contribution in [3.8, 4) is 5.75 Å². The monoisotopic (exact) mass is 371 g/mol. The molecule has 0 spiro atoms. The molecule has 0 unspecified atom stereocenters. The lowest BCUT2D eigenvalue weighted by molar-refractivity contribution is 0.0469. The fraction of sp³-hybridized carbons (Fsp3) is 0.105. The van der Waals surface area contributed by atoms with Crippen LogP contribution in [0.3, 0.4) is 0 Å². The standard InChI is InChI=1S/C19H14ClNO5/c1-25-17-7-6-12(8-14(17)20)16(22)10-26-19(24)15-9-11-4-2-3-5-13(11)18(23)21-15/h2-9H,10H2,1H3,(H,21,23). The number of methoxy groups -OCH3 is 1. The van der Waals surface area contributed by atoms with Crippen molar-refractivity contribution >= 4 is 34.1 Å². The summed E-state index contributed by atoms with van der Waals surface area (Å²) in [6, 6.07) is 12.9. The lowest BCUT2D eigenvalue weighted by atomic mass is 10.1. The minimum Gasteiger partial charge on any atom is -0.495 e. The van der Waals surface area contributed by atoms with Crippen LogP contribution in [0.15, 0.2) is 53.3 Å². The maximum absolute atomic E-state index is 12.2. The molecule has 3 aromatic rings. The van der Waals surface area contributed by atoms with E-state index < -0.39 is 23.9 Å². The highest BCUT2D eigenvalue weighted by Crippen LogP contribution is 2.25. The molecule has 1 aromatic heterocycles. The van der Waals surface area contributed by atoms with Crippen LogP contribution < -0.4 is 10.3 Å². The molecule has 0 aliphatic carbocycles. The molecule has 3 rings (SSSR count). The first-order valence-corrected chi connectivity index (χ1v) is 8.03. The number of hydrogen-bond donors (Lipinski definition) is 1. The van der Waals surface area contributed by atoms with Gasteiger partial charge in [-0.05, 0) is 35.7 Å². The number of ketones is 1. The Morgan fingerprint density at radius 1 is 1.12 bits per heavy atom. The van der Waals surface area contributed by atoms with E-state index in [4.69, 9.17) is 21.1 Å². The summed E-state index contributed by atoms with van der Waals surface area (Å²) in [6.45, 7) is -0.476. The second-order valence-corrected chi connectivity index (χ2v) is 5.86. The number of ether oxygens (including phenoxy) is 2. The fourth-order valence-corrected chi connectivity index (χ4v) is 2.71. The number of rotatable bonds is 5. The smallest absolute Gasteiger partial charge is 0.355 e. The van der Waals surface area contributed by atoms with Crippen molar-refractivity contribution in [2.24, 2.45) is 0 Å². The summed E-state index contributed by atoms with van der Waals surface area (Å²) in [7, 11) is 1.47. The zero-order valence-corrected chi connectivity index (χ0v) is 14.5. The molecule has 0 amide bonds. The van der Waals surface area contributed by atoms with Gasteiger partial charge in [0, 0.05) is 10.9 Å². The molecular formula is C19H14ClNO5. The van der Waals surface area contributed by atoms with Crippen LogP contribution >= 0.6 is 11.6 Å². The number of aromatic nitrogens is 1. The Balaban J connectivity index is 1.73. The highest BCUT2D eigenvalue weighted by Gasteiger charge is 2.15. The number of carbonyl (C=O) groups excluding carboxylic acids is 2. The van der Waals surface area contributed by atoms with Crippen LogP contribution in [0.4, 0.5) is 0 Å². The van der Waals surface area contributed by atoms with Crippen molar-refractivity contribution < 1.29 is 19.1 Å². The third kappa shape index (κ3) is 3.60. The van der Waals surface area contributed by atoms with Crippen molar-refractivity contribution in [1.82, 2.24) is 4.98 Å².